The minimum absolute atomic E-state index is 0.0847. The van der Waals surface area contributed by atoms with Gasteiger partial charge in [0.1, 0.15) is 5.82 Å². The summed E-state index contributed by atoms with van der Waals surface area (Å²) in [6.07, 6.45) is 1.58. The number of nitrogens with zero attached hydrogens (tertiary/aromatic N) is 1. The third-order valence-electron chi connectivity index (χ3n) is 3.39. The van der Waals surface area contributed by atoms with Gasteiger partial charge in [0.2, 0.25) is 12.7 Å². The minimum atomic E-state index is -0.582. The molecular formula is C17H10FNO4. The average Bonchev–Trinajstić information content (AvgIpc) is 3.14. The van der Waals surface area contributed by atoms with Crippen molar-refractivity contribution in [2.45, 2.75) is 0 Å². The fourth-order valence-electron chi connectivity index (χ4n) is 2.31. The number of hydrogen-bond donors (Lipinski definition) is 0. The second-order valence-electron chi connectivity index (χ2n) is 4.96. The molecule has 2 heterocycles. The van der Waals surface area contributed by atoms with Crippen molar-refractivity contribution in [2.75, 3.05) is 6.79 Å². The normalized spacial score (nSPS) is 17.3. The monoisotopic (exact) mass is 311 g/mol. The molecule has 0 fully saturated rings. The van der Waals surface area contributed by atoms with Gasteiger partial charge in [0, 0.05) is 5.56 Å². The number of halogens is 1. The molecule has 0 aliphatic carbocycles. The van der Waals surface area contributed by atoms with E-state index in [4.69, 9.17) is 14.2 Å². The summed E-state index contributed by atoms with van der Waals surface area (Å²) in [6, 6.07) is 11.0. The topological polar surface area (TPSA) is 57.1 Å². The molecule has 4 rings (SSSR count). The first kappa shape index (κ1) is 13.5. The van der Waals surface area contributed by atoms with Gasteiger partial charge in [0.05, 0.1) is 0 Å². The van der Waals surface area contributed by atoms with Crippen LogP contribution in [0.4, 0.5) is 4.39 Å². The quantitative estimate of drug-likeness (QED) is 0.632. The van der Waals surface area contributed by atoms with E-state index in [9.17, 15) is 9.18 Å². The standard InChI is InChI=1S/C17H10FNO4/c18-12-3-1-2-11(8-12)16-19-13(17(20)23-16)6-10-4-5-14-15(7-10)22-9-21-14/h1-8H,9H2. The highest BCUT2D eigenvalue weighted by molar-refractivity contribution is 6.12. The summed E-state index contributed by atoms with van der Waals surface area (Å²) in [5, 5.41) is 0. The Labute approximate surface area is 130 Å². The second kappa shape index (κ2) is 5.24. The zero-order valence-electron chi connectivity index (χ0n) is 11.8. The predicted molar refractivity (Wildman–Crippen MR) is 79.6 cm³/mol. The number of carbonyl (C=O) groups excluding carboxylic acids is 1. The van der Waals surface area contributed by atoms with Crippen molar-refractivity contribution < 1.29 is 23.4 Å². The number of aliphatic imine (C=N–C) groups is 1. The largest absolute Gasteiger partial charge is 0.454 e. The third kappa shape index (κ3) is 2.55. The number of esters is 1. The van der Waals surface area contributed by atoms with Crippen molar-refractivity contribution in [3.8, 4) is 11.5 Å². The van der Waals surface area contributed by atoms with Gasteiger partial charge in [0.15, 0.2) is 17.2 Å². The van der Waals surface area contributed by atoms with E-state index >= 15 is 0 Å². The fraction of sp³-hybridized carbons (Fsp3) is 0.0588. The van der Waals surface area contributed by atoms with Crippen molar-refractivity contribution >= 4 is 17.9 Å². The van der Waals surface area contributed by atoms with Crippen LogP contribution in [0.3, 0.4) is 0 Å². The molecule has 0 saturated carbocycles. The van der Waals surface area contributed by atoms with E-state index < -0.39 is 11.8 Å². The Hall–Kier alpha value is -3.15. The van der Waals surface area contributed by atoms with Crippen LogP contribution in [0.5, 0.6) is 11.5 Å². The number of carbonyl (C=O) groups is 1. The summed E-state index contributed by atoms with van der Waals surface area (Å²) in [5.74, 6) is 0.350. The predicted octanol–water partition coefficient (Wildman–Crippen LogP) is 2.90. The Kier molecular flexibility index (Phi) is 3.08. The molecule has 114 valence electrons. The van der Waals surface area contributed by atoms with E-state index in [0.717, 1.165) is 5.56 Å². The lowest BCUT2D eigenvalue weighted by atomic mass is 10.1. The van der Waals surface area contributed by atoms with E-state index in [2.05, 4.69) is 4.99 Å². The number of cyclic esters (lactones) is 1. The van der Waals surface area contributed by atoms with Gasteiger partial charge in [-0.2, -0.15) is 0 Å². The van der Waals surface area contributed by atoms with Crippen LogP contribution < -0.4 is 9.47 Å². The van der Waals surface area contributed by atoms with E-state index in [-0.39, 0.29) is 18.4 Å². The Morgan fingerprint density at radius 3 is 2.83 bits per heavy atom. The Morgan fingerprint density at radius 1 is 1.09 bits per heavy atom. The minimum Gasteiger partial charge on any atom is -0.454 e. The van der Waals surface area contributed by atoms with Crippen LogP contribution in [0.15, 0.2) is 53.2 Å². The van der Waals surface area contributed by atoms with Crippen LogP contribution in [0.1, 0.15) is 11.1 Å². The van der Waals surface area contributed by atoms with E-state index in [1.165, 1.54) is 18.2 Å². The number of ether oxygens (including phenoxy) is 3. The first-order valence-corrected chi connectivity index (χ1v) is 6.87. The van der Waals surface area contributed by atoms with Crippen molar-refractivity contribution in [1.82, 2.24) is 0 Å². The molecule has 0 N–H and O–H groups in total. The maximum atomic E-state index is 13.3. The molecule has 0 radical (unpaired) electrons. The lowest BCUT2D eigenvalue weighted by Crippen LogP contribution is -2.05. The maximum absolute atomic E-state index is 13.3. The van der Waals surface area contributed by atoms with Gasteiger partial charge in [-0.05, 0) is 42.0 Å². The zero-order valence-corrected chi connectivity index (χ0v) is 11.8. The number of benzene rings is 2. The highest BCUT2D eigenvalue weighted by Gasteiger charge is 2.24. The molecule has 0 saturated heterocycles. The van der Waals surface area contributed by atoms with E-state index in [1.54, 1.807) is 30.3 Å². The van der Waals surface area contributed by atoms with Crippen molar-refractivity contribution in [1.29, 1.82) is 0 Å². The molecule has 2 aromatic rings. The molecule has 0 bridgehead atoms. The molecule has 5 nitrogen and oxygen atoms in total. The zero-order chi connectivity index (χ0) is 15.8. The molecule has 23 heavy (non-hydrogen) atoms. The van der Waals surface area contributed by atoms with Crippen molar-refractivity contribution in [3.63, 3.8) is 0 Å². The smallest absolute Gasteiger partial charge is 0.363 e. The fourth-order valence-corrected chi connectivity index (χ4v) is 2.31. The first-order chi connectivity index (χ1) is 11.2. The molecule has 2 aliphatic rings. The van der Waals surface area contributed by atoms with Crippen LogP contribution in [0.2, 0.25) is 0 Å². The SMILES string of the molecule is O=C1OC(c2cccc(F)c2)=NC1=Cc1ccc2c(c1)OCO2. The summed E-state index contributed by atoms with van der Waals surface area (Å²) in [7, 11) is 0. The van der Waals surface area contributed by atoms with Crippen LogP contribution in [-0.2, 0) is 9.53 Å². The number of rotatable bonds is 2. The van der Waals surface area contributed by atoms with Crippen LogP contribution in [-0.4, -0.2) is 18.7 Å². The Balaban J connectivity index is 1.67. The molecule has 2 aliphatic heterocycles. The van der Waals surface area contributed by atoms with Crippen molar-refractivity contribution in [3.05, 3.63) is 65.1 Å². The molecule has 0 amide bonds. The van der Waals surface area contributed by atoms with Gasteiger partial charge in [-0.1, -0.05) is 12.1 Å². The highest BCUT2D eigenvalue weighted by atomic mass is 19.1. The summed E-state index contributed by atoms with van der Waals surface area (Å²) in [4.78, 5) is 16.1. The average molecular weight is 311 g/mol. The molecule has 6 heteroatoms. The van der Waals surface area contributed by atoms with E-state index in [1.807, 2.05) is 0 Å². The second-order valence-corrected chi connectivity index (χ2v) is 4.96. The van der Waals surface area contributed by atoms with Crippen LogP contribution in [0, 0.1) is 5.82 Å². The lowest BCUT2D eigenvalue weighted by molar-refractivity contribution is -0.129. The summed E-state index contributed by atoms with van der Waals surface area (Å²) < 4.78 is 28.9. The summed E-state index contributed by atoms with van der Waals surface area (Å²) in [6.45, 7) is 0.180. The van der Waals surface area contributed by atoms with Gasteiger partial charge in [-0.15, -0.1) is 0 Å². The molecule has 0 aromatic heterocycles. The first-order valence-electron chi connectivity index (χ1n) is 6.87. The van der Waals surface area contributed by atoms with Gasteiger partial charge >= 0.3 is 5.97 Å². The van der Waals surface area contributed by atoms with Gasteiger partial charge in [0.25, 0.3) is 0 Å². The molecule has 0 atom stereocenters. The third-order valence-corrected chi connectivity index (χ3v) is 3.39. The molecule has 2 aromatic carbocycles. The molecule has 0 spiro atoms. The maximum Gasteiger partial charge on any atom is 0.363 e. The molecular weight excluding hydrogens is 301 g/mol. The summed E-state index contributed by atoms with van der Waals surface area (Å²) in [5.41, 5.74) is 1.28. The van der Waals surface area contributed by atoms with Gasteiger partial charge < -0.3 is 14.2 Å². The van der Waals surface area contributed by atoms with Gasteiger partial charge in [-0.25, -0.2) is 14.2 Å². The number of hydrogen-bond acceptors (Lipinski definition) is 5. The molecule has 0 unspecified atom stereocenters. The lowest BCUT2D eigenvalue weighted by Gasteiger charge is -1.98. The highest BCUT2D eigenvalue weighted by Crippen LogP contribution is 2.33. The number of fused-ring (bicyclic) bond motifs is 1. The van der Waals surface area contributed by atoms with Gasteiger partial charge in [-0.3, -0.25) is 0 Å². The Morgan fingerprint density at radius 2 is 1.96 bits per heavy atom. The van der Waals surface area contributed by atoms with E-state index in [0.29, 0.717) is 17.1 Å². The Bertz CT molecular complexity index is 873. The van der Waals surface area contributed by atoms with Crippen molar-refractivity contribution in [2.24, 2.45) is 4.99 Å². The summed E-state index contributed by atoms with van der Waals surface area (Å²) >= 11 is 0. The van der Waals surface area contributed by atoms with Crippen LogP contribution in [0.25, 0.3) is 6.08 Å². The van der Waals surface area contributed by atoms with Crippen LogP contribution >= 0.6 is 0 Å².